The molecule has 5 aromatic carbocycles. The van der Waals surface area contributed by atoms with Gasteiger partial charge in [-0.3, -0.25) is 0 Å². The van der Waals surface area contributed by atoms with E-state index in [1.807, 2.05) is 31.2 Å². The predicted octanol–water partition coefficient (Wildman–Crippen LogP) is 14.7. The van der Waals surface area contributed by atoms with Crippen LogP contribution in [0.4, 0.5) is 0 Å². The highest BCUT2D eigenvalue weighted by Crippen LogP contribution is 2.34. The molecular weight excluding hydrogens is 625 g/mol. The van der Waals surface area contributed by atoms with Crippen molar-refractivity contribution in [2.75, 3.05) is 0 Å². The fraction of sp³-hybridized carbons (Fsp3) is 0.0769. The summed E-state index contributed by atoms with van der Waals surface area (Å²) in [6.45, 7) is 16.8. The molecule has 0 aliphatic carbocycles. The molecule has 0 fully saturated rings. The number of hydrogen-bond donors (Lipinski definition) is 0. The number of rotatable bonds is 11. The Balaban J connectivity index is 1.63. The van der Waals surface area contributed by atoms with E-state index >= 15 is 0 Å². The van der Waals surface area contributed by atoms with Crippen LogP contribution in [0.25, 0.3) is 45.2 Å². The van der Waals surface area contributed by atoms with Crippen molar-refractivity contribution >= 4 is 34.1 Å². The minimum Gasteiger partial charge on any atom is -0.0984 e. The number of benzene rings is 4. The average Bonchev–Trinajstić information content (AvgIpc) is 3.18. The molecule has 0 amide bonds. The van der Waals surface area contributed by atoms with E-state index in [1.54, 1.807) is 0 Å². The summed E-state index contributed by atoms with van der Waals surface area (Å²) in [6, 6.07) is 47.4. The Hall–Kier alpha value is -6.24. The van der Waals surface area contributed by atoms with Gasteiger partial charge in [0.25, 0.3) is 0 Å². The highest BCUT2D eigenvalue weighted by atomic mass is 14.1. The number of hydrogen-bond acceptors (Lipinski definition) is 0. The van der Waals surface area contributed by atoms with Gasteiger partial charge in [-0.05, 0) is 100 Å². The standard InChI is InChI=1S/C52H48/c1-7-10-20-44(8-2)51(46-21-14-12-15-22-46)38-43-33-36-47(37-34-43)48-23-16-11-13-19-41(6)52(50-25-18-17-24-49(48)50)45(9-3)35-29-40(5)28-32-42-30-26-39(4)27-31-42/h7-38H,2-3H2,1,4-6H3/b10-7-,13-11?,16-11?,19-13?,23-16?,32-28+,40-29+,41-19?,44-20+,45-35+,48-23?,49-48?,51-38-,52-41?,52-50?. The van der Waals surface area contributed by atoms with Gasteiger partial charge < -0.3 is 0 Å². The van der Waals surface area contributed by atoms with Crippen molar-refractivity contribution in [2.24, 2.45) is 0 Å². The van der Waals surface area contributed by atoms with Crippen LogP contribution in [0.2, 0.25) is 0 Å². The Morgan fingerprint density at radius 1 is 0.596 bits per heavy atom. The fourth-order valence-electron chi connectivity index (χ4n) is 6.15. The third-order valence-electron chi connectivity index (χ3n) is 8.98. The molecule has 5 rings (SSSR count). The second-order valence-electron chi connectivity index (χ2n) is 12.8. The molecule has 5 aromatic rings. The van der Waals surface area contributed by atoms with Gasteiger partial charge in [-0.2, -0.15) is 0 Å². The largest absolute Gasteiger partial charge is 0.0984 e. The Kier molecular flexibility index (Phi) is 13.3. The van der Waals surface area contributed by atoms with Crippen LogP contribution in [-0.2, 0) is 0 Å². The zero-order valence-corrected chi connectivity index (χ0v) is 30.9. The summed E-state index contributed by atoms with van der Waals surface area (Å²) < 4.78 is 0. The SMILES string of the molecule is C=CC(=C\C=C/C)/C(=C/c1ccc(-c2cccccc(C)c(/C(C=C)=C/C=C(C)/C=C/c3ccc(C)cc3)c3ccccc23)cc1)c1ccccc1. The summed E-state index contributed by atoms with van der Waals surface area (Å²) in [5.41, 5.74) is 13.8. The molecule has 0 bridgehead atoms. The van der Waals surface area contributed by atoms with Crippen LogP contribution in [0, 0.1) is 13.8 Å². The predicted molar refractivity (Wildman–Crippen MR) is 231 cm³/mol. The lowest BCUT2D eigenvalue weighted by Gasteiger charge is -2.12. The Morgan fingerprint density at radius 2 is 1.23 bits per heavy atom. The molecule has 256 valence electrons. The normalized spacial score (nSPS) is 12.7. The highest BCUT2D eigenvalue weighted by Gasteiger charge is 2.10. The Bertz CT molecular complexity index is 2260. The third-order valence-corrected chi connectivity index (χ3v) is 8.98. The van der Waals surface area contributed by atoms with E-state index < -0.39 is 0 Å². The van der Waals surface area contributed by atoms with E-state index in [0.29, 0.717) is 0 Å². The molecule has 0 unspecified atom stereocenters. The van der Waals surface area contributed by atoms with Crippen LogP contribution in [0.15, 0.2) is 206 Å². The molecule has 0 aliphatic rings. The van der Waals surface area contributed by atoms with E-state index in [4.69, 9.17) is 0 Å². The topological polar surface area (TPSA) is 0 Å². The molecule has 0 aliphatic heterocycles. The van der Waals surface area contributed by atoms with Gasteiger partial charge in [0.2, 0.25) is 0 Å². The average molecular weight is 673 g/mol. The molecule has 0 nitrogen and oxygen atoms in total. The Labute approximate surface area is 311 Å². The van der Waals surface area contributed by atoms with Crippen molar-refractivity contribution in [3.63, 3.8) is 0 Å². The number of allylic oxidation sites excluding steroid dienone is 12. The van der Waals surface area contributed by atoms with Gasteiger partial charge in [0.1, 0.15) is 0 Å². The minimum atomic E-state index is 1.07. The van der Waals surface area contributed by atoms with Gasteiger partial charge in [-0.1, -0.05) is 212 Å². The first-order valence-electron chi connectivity index (χ1n) is 17.9. The molecule has 0 atom stereocenters. The summed E-state index contributed by atoms with van der Waals surface area (Å²) >= 11 is 0. The smallest absolute Gasteiger partial charge is 0.00761 e. The second kappa shape index (κ2) is 18.7. The lowest BCUT2D eigenvalue weighted by Crippen LogP contribution is -1.90. The van der Waals surface area contributed by atoms with E-state index in [2.05, 4.69) is 204 Å². The lowest BCUT2D eigenvalue weighted by molar-refractivity contribution is 1.46. The maximum absolute atomic E-state index is 4.26. The van der Waals surface area contributed by atoms with Gasteiger partial charge in [-0.25, -0.2) is 0 Å². The summed E-state index contributed by atoms with van der Waals surface area (Å²) in [5, 5.41) is 2.33. The maximum atomic E-state index is 4.26. The summed E-state index contributed by atoms with van der Waals surface area (Å²) in [5.74, 6) is 0. The molecule has 0 aromatic heterocycles. The molecule has 0 spiro atoms. The van der Waals surface area contributed by atoms with Crippen LogP contribution in [0.1, 0.15) is 47.2 Å². The van der Waals surface area contributed by atoms with Crippen LogP contribution in [0.5, 0.6) is 0 Å². The summed E-state index contributed by atoms with van der Waals surface area (Å²) in [4.78, 5) is 0. The van der Waals surface area contributed by atoms with Crippen LogP contribution < -0.4 is 0 Å². The summed E-state index contributed by atoms with van der Waals surface area (Å²) in [7, 11) is 0. The van der Waals surface area contributed by atoms with Crippen molar-refractivity contribution in [1.82, 2.24) is 0 Å². The first-order chi connectivity index (χ1) is 25.4. The first-order valence-corrected chi connectivity index (χ1v) is 17.9. The first kappa shape index (κ1) is 37.0. The van der Waals surface area contributed by atoms with Gasteiger partial charge in [0, 0.05) is 0 Å². The quantitative estimate of drug-likeness (QED) is 0.0968. The molecule has 52 heavy (non-hydrogen) atoms. The zero-order chi connectivity index (χ0) is 36.7. The van der Waals surface area contributed by atoms with Crippen molar-refractivity contribution in [1.29, 1.82) is 0 Å². The van der Waals surface area contributed by atoms with Crippen molar-refractivity contribution < 1.29 is 0 Å². The highest BCUT2D eigenvalue weighted by molar-refractivity contribution is 6.03. The van der Waals surface area contributed by atoms with E-state index in [1.165, 1.54) is 27.5 Å². The van der Waals surface area contributed by atoms with Crippen molar-refractivity contribution in [3.05, 3.63) is 240 Å². The van der Waals surface area contributed by atoms with Crippen LogP contribution in [0.3, 0.4) is 0 Å². The molecule has 0 radical (unpaired) electrons. The molecule has 0 N–H and O–H groups in total. The van der Waals surface area contributed by atoms with Gasteiger partial charge in [0.05, 0.1) is 0 Å². The molecule has 0 saturated heterocycles. The van der Waals surface area contributed by atoms with Crippen LogP contribution >= 0.6 is 0 Å². The van der Waals surface area contributed by atoms with E-state index in [0.717, 1.165) is 50.1 Å². The third kappa shape index (κ3) is 9.71. The second-order valence-corrected chi connectivity index (χ2v) is 12.8. The van der Waals surface area contributed by atoms with Gasteiger partial charge in [0.15, 0.2) is 0 Å². The zero-order valence-electron chi connectivity index (χ0n) is 30.9. The van der Waals surface area contributed by atoms with Crippen LogP contribution in [-0.4, -0.2) is 0 Å². The van der Waals surface area contributed by atoms with Gasteiger partial charge in [-0.15, -0.1) is 0 Å². The fourth-order valence-corrected chi connectivity index (χ4v) is 6.15. The number of aryl methyl sites for hydroxylation is 2. The van der Waals surface area contributed by atoms with E-state index in [9.17, 15) is 0 Å². The molecule has 0 saturated carbocycles. The maximum Gasteiger partial charge on any atom is -0.00761 e. The summed E-state index contributed by atoms with van der Waals surface area (Å²) in [6.07, 6.45) is 21.0. The number of fused-ring (bicyclic) bond motifs is 1. The van der Waals surface area contributed by atoms with Gasteiger partial charge >= 0.3 is 0 Å². The lowest BCUT2D eigenvalue weighted by atomic mass is 9.91. The van der Waals surface area contributed by atoms with E-state index in [-0.39, 0.29) is 0 Å². The monoisotopic (exact) mass is 672 g/mol. The van der Waals surface area contributed by atoms with Crippen molar-refractivity contribution in [2.45, 2.75) is 27.7 Å². The van der Waals surface area contributed by atoms with Crippen molar-refractivity contribution in [3.8, 4) is 11.1 Å². The molecule has 0 heteroatoms. The Morgan fingerprint density at radius 3 is 1.90 bits per heavy atom. The minimum absolute atomic E-state index is 1.07. The molecule has 0 heterocycles. The molecular formula is C52H48.